The van der Waals surface area contributed by atoms with Gasteiger partial charge in [0.05, 0.1) is 6.61 Å². The van der Waals surface area contributed by atoms with E-state index in [2.05, 4.69) is 5.32 Å². The molecular formula is C12H17ClN2OS. The molecule has 0 aliphatic carbocycles. The zero-order chi connectivity index (χ0) is 12.7. The van der Waals surface area contributed by atoms with Crippen molar-refractivity contribution in [2.45, 2.75) is 6.54 Å². The van der Waals surface area contributed by atoms with Crippen molar-refractivity contribution in [2.24, 2.45) is 0 Å². The maximum atomic E-state index is 6.09. The van der Waals surface area contributed by atoms with Gasteiger partial charge in [-0.1, -0.05) is 29.8 Å². The summed E-state index contributed by atoms with van der Waals surface area (Å²) in [5, 5.41) is 4.57. The number of methoxy groups -OCH3 is 1. The van der Waals surface area contributed by atoms with Crippen LogP contribution in [0, 0.1) is 0 Å². The molecule has 1 aromatic carbocycles. The van der Waals surface area contributed by atoms with Gasteiger partial charge in [0.1, 0.15) is 0 Å². The van der Waals surface area contributed by atoms with Crippen LogP contribution in [0.5, 0.6) is 0 Å². The van der Waals surface area contributed by atoms with Gasteiger partial charge in [-0.15, -0.1) is 0 Å². The van der Waals surface area contributed by atoms with Gasteiger partial charge in [-0.3, -0.25) is 0 Å². The van der Waals surface area contributed by atoms with Crippen LogP contribution in [-0.2, 0) is 11.3 Å². The van der Waals surface area contributed by atoms with E-state index in [9.17, 15) is 0 Å². The lowest BCUT2D eigenvalue weighted by Gasteiger charge is -2.21. The van der Waals surface area contributed by atoms with Crippen molar-refractivity contribution in [3.63, 3.8) is 0 Å². The van der Waals surface area contributed by atoms with Crippen LogP contribution in [0.1, 0.15) is 5.56 Å². The van der Waals surface area contributed by atoms with E-state index in [1.165, 1.54) is 0 Å². The van der Waals surface area contributed by atoms with Gasteiger partial charge in [-0.2, -0.15) is 0 Å². The average Bonchev–Trinajstić information content (AvgIpc) is 2.32. The molecule has 0 atom stereocenters. The SMILES string of the molecule is COCCNC(=S)N(C)Cc1ccccc1Cl. The molecule has 0 saturated carbocycles. The number of hydrogen-bond acceptors (Lipinski definition) is 2. The first-order valence-electron chi connectivity index (χ1n) is 5.36. The maximum absolute atomic E-state index is 6.09. The maximum Gasteiger partial charge on any atom is 0.169 e. The number of ether oxygens (including phenoxy) is 1. The largest absolute Gasteiger partial charge is 0.383 e. The number of thiocarbonyl (C=S) groups is 1. The van der Waals surface area contributed by atoms with Gasteiger partial charge < -0.3 is 15.0 Å². The van der Waals surface area contributed by atoms with Crippen molar-refractivity contribution >= 4 is 28.9 Å². The zero-order valence-corrected chi connectivity index (χ0v) is 11.6. The minimum Gasteiger partial charge on any atom is -0.383 e. The molecular weight excluding hydrogens is 256 g/mol. The summed E-state index contributed by atoms with van der Waals surface area (Å²) in [5.74, 6) is 0. The second-order valence-corrected chi connectivity index (χ2v) is 4.47. The first kappa shape index (κ1) is 14.2. The fraction of sp³-hybridized carbons (Fsp3) is 0.417. The molecule has 0 bridgehead atoms. The van der Waals surface area contributed by atoms with Crippen molar-refractivity contribution in [3.05, 3.63) is 34.9 Å². The lowest BCUT2D eigenvalue weighted by Crippen LogP contribution is -2.38. The van der Waals surface area contributed by atoms with Gasteiger partial charge in [0.15, 0.2) is 5.11 Å². The van der Waals surface area contributed by atoms with Gasteiger partial charge >= 0.3 is 0 Å². The van der Waals surface area contributed by atoms with Crippen molar-refractivity contribution in [1.82, 2.24) is 10.2 Å². The summed E-state index contributed by atoms with van der Waals surface area (Å²) >= 11 is 11.3. The average molecular weight is 273 g/mol. The van der Waals surface area contributed by atoms with E-state index in [4.69, 9.17) is 28.6 Å². The number of nitrogens with zero attached hydrogens (tertiary/aromatic N) is 1. The van der Waals surface area contributed by atoms with Gasteiger partial charge in [0.2, 0.25) is 0 Å². The second-order valence-electron chi connectivity index (χ2n) is 3.67. The van der Waals surface area contributed by atoms with E-state index in [1.54, 1.807) is 7.11 Å². The Morgan fingerprint density at radius 2 is 2.18 bits per heavy atom. The monoisotopic (exact) mass is 272 g/mol. The molecule has 0 aliphatic rings. The summed E-state index contributed by atoms with van der Waals surface area (Å²) in [4.78, 5) is 1.95. The van der Waals surface area contributed by atoms with Crippen molar-refractivity contribution in [1.29, 1.82) is 0 Å². The molecule has 0 aliphatic heterocycles. The highest BCUT2D eigenvalue weighted by Crippen LogP contribution is 2.16. The van der Waals surface area contributed by atoms with Gasteiger partial charge in [-0.05, 0) is 23.8 Å². The minimum absolute atomic E-state index is 0.639. The van der Waals surface area contributed by atoms with E-state index >= 15 is 0 Å². The minimum atomic E-state index is 0.639. The summed E-state index contributed by atoms with van der Waals surface area (Å²) in [6.07, 6.45) is 0. The van der Waals surface area contributed by atoms with Crippen LogP contribution < -0.4 is 5.32 Å². The highest BCUT2D eigenvalue weighted by Gasteiger charge is 2.06. The van der Waals surface area contributed by atoms with Crippen molar-refractivity contribution in [2.75, 3.05) is 27.3 Å². The molecule has 1 aromatic rings. The van der Waals surface area contributed by atoms with E-state index in [0.29, 0.717) is 24.8 Å². The fourth-order valence-corrected chi connectivity index (χ4v) is 1.71. The van der Waals surface area contributed by atoms with Crippen LogP contribution in [0.2, 0.25) is 5.02 Å². The fourth-order valence-electron chi connectivity index (χ4n) is 1.35. The zero-order valence-electron chi connectivity index (χ0n) is 10.1. The van der Waals surface area contributed by atoms with Crippen molar-refractivity contribution < 1.29 is 4.74 Å². The molecule has 1 rings (SSSR count). The standard InChI is InChI=1S/C12H17ClN2OS/c1-15(12(17)14-7-8-16-2)9-10-5-3-4-6-11(10)13/h3-6H,7-9H2,1-2H3,(H,14,17). The van der Waals surface area contributed by atoms with Crippen LogP contribution in [0.25, 0.3) is 0 Å². The first-order valence-corrected chi connectivity index (χ1v) is 6.15. The highest BCUT2D eigenvalue weighted by atomic mass is 35.5. The molecule has 1 N–H and O–H groups in total. The van der Waals surface area contributed by atoms with Gasteiger partial charge in [0.25, 0.3) is 0 Å². The Kier molecular flexibility index (Phi) is 6.26. The van der Waals surface area contributed by atoms with Gasteiger partial charge in [0, 0.05) is 32.3 Å². The van der Waals surface area contributed by atoms with Crippen LogP contribution in [0.4, 0.5) is 0 Å². The number of benzene rings is 1. The molecule has 0 heterocycles. The van der Waals surface area contributed by atoms with E-state index in [1.807, 2.05) is 36.2 Å². The van der Waals surface area contributed by atoms with E-state index < -0.39 is 0 Å². The van der Waals surface area contributed by atoms with E-state index in [0.717, 1.165) is 10.6 Å². The topological polar surface area (TPSA) is 24.5 Å². The Bertz CT molecular complexity index is 373. The molecule has 0 unspecified atom stereocenters. The normalized spacial score (nSPS) is 10.1. The molecule has 0 saturated heterocycles. The third-order valence-corrected chi connectivity index (χ3v) is 3.12. The Morgan fingerprint density at radius 3 is 2.82 bits per heavy atom. The Hall–Kier alpha value is -0.840. The number of nitrogens with one attached hydrogen (secondary N) is 1. The van der Waals surface area contributed by atoms with Crippen LogP contribution in [0.3, 0.4) is 0 Å². The predicted octanol–water partition coefficient (Wildman–Crippen LogP) is 2.29. The first-order chi connectivity index (χ1) is 8.15. The lowest BCUT2D eigenvalue weighted by molar-refractivity contribution is 0.203. The molecule has 17 heavy (non-hydrogen) atoms. The number of hydrogen-bond donors (Lipinski definition) is 1. The third kappa shape index (κ3) is 4.89. The highest BCUT2D eigenvalue weighted by molar-refractivity contribution is 7.80. The molecule has 0 fully saturated rings. The van der Waals surface area contributed by atoms with Crippen LogP contribution >= 0.6 is 23.8 Å². The van der Waals surface area contributed by atoms with E-state index in [-0.39, 0.29) is 0 Å². The summed E-state index contributed by atoms with van der Waals surface area (Å²) in [7, 11) is 3.60. The Morgan fingerprint density at radius 1 is 1.47 bits per heavy atom. The summed E-state index contributed by atoms with van der Waals surface area (Å²) in [6, 6.07) is 7.76. The Balaban J connectivity index is 2.46. The van der Waals surface area contributed by atoms with Gasteiger partial charge in [-0.25, -0.2) is 0 Å². The third-order valence-electron chi connectivity index (χ3n) is 2.29. The van der Waals surface area contributed by atoms with Crippen LogP contribution in [0.15, 0.2) is 24.3 Å². The molecule has 94 valence electrons. The summed E-state index contributed by atoms with van der Waals surface area (Å²) in [6.45, 7) is 2.04. The van der Waals surface area contributed by atoms with Crippen molar-refractivity contribution in [3.8, 4) is 0 Å². The predicted molar refractivity (Wildman–Crippen MR) is 75.4 cm³/mol. The number of rotatable bonds is 5. The molecule has 0 amide bonds. The second kappa shape index (κ2) is 7.48. The van der Waals surface area contributed by atoms with Crippen LogP contribution in [-0.4, -0.2) is 37.3 Å². The lowest BCUT2D eigenvalue weighted by atomic mass is 10.2. The summed E-state index contributed by atoms with van der Waals surface area (Å²) in [5.41, 5.74) is 1.06. The summed E-state index contributed by atoms with van der Waals surface area (Å²) < 4.78 is 4.95. The Labute approximate surface area is 113 Å². The molecule has 3 nitrogen and oxygen atoms in total. The molecule has 5 heteroatoms. The molecule has 0 radical (unpaired) electrons. The number of halogens is 1. The molecule has 0 spiro atoms. The molecule has 0 aromatic heterocycles. The smallest absolute Gasteiger partial charge is 0.169 e. The quantitative estimate of drug-likeness (QED) is 0.657.